The molecule has 4 aliphatic heterocycles. The lowest BCUT2D eigenvalue weighted by molar-refractivity contribution is -0.141. The number of hydrogen-bond acceptors (Lipinski definition) is 6. The molecule has 4 N–H and O–H groups in total. The van der Waals surface area contributed by atoms with Crippen molar-refractivity contribution in [2.24, 2.45) is 5.73 Å². The van der Waals surface area contributed by atoms with Gasteiger partial charge in [-0.05, 0) is 94.1 Å². The smallest absolute Gasteiger partial charge is 0.246 e. The predicted octanol–water partition coefficient (Wildman–Crippen LogP) is 2.93. The third-order valence-corrected chi connectivity index (χ3v) is 9.55. The number of anilines is 1. The Kier molecular flexibility index (Phi) is 9.83. The fraction of sp³-hybridized carbons (Fsp3) is 0.531. The Morgan fingerprint density at radius 1 is 1.07 bits per heavy atom. The number of piperidine rings is 2. The number of halogens is 1. The van der Waals surface area contributed by atoms with E-state index in [4.69, 9.17) is 17.3 Å². The van der Waals surface area contributed by atoms with Gasteiger partial charge in [-0.3, -0.25) is 24.2 Å². The molecule has 0 spiro atoms. The number of carbonyl (C=O) groups excluding carboxylic acids is 3. The van der Waals surface area contributed by atoms with Gasteiger partial charge in [0, 0.05) is 48.8 Å². The number of fused-ring (bicyclic) bond motifs is 4. The van der Waals surface area contributed by atoms with Crippen LogP contribution in [-0.4, -0.2) is 89.8 Å². The molecule has 2 bridgehead atoms. The molecular formula is C32H43ClN6O3. The molecule has 6 rings (SSSR count). The third kappa shape index (κ3) is 6.97. The van der Waals surface area contributed by atoms with Gasteiger partial charge in [-0.1, -0.05) is 35.9 Å². The zero-order chi connectivity index (χ0) is 29.8. The van der Waals surface area contributed by atoms with Crippen molar-refractivity contribution in [1.82, 2.24) is 20.0 Å². The average Bonchev–Trinajstić information content (AvgIpc) is 2.98. The summed E-state index contributed by atoms with van der Waals surface area (Å²) in [6.07, 6.45) is 4.26. The minimum Gasteiger partial charge on any atom is -0.343 e. The quantitative estimate of drug-likeness (QED) is 0.390. The van der Waals surface area contributed by atoms with Crippen LogP contribution in [0.2, 0.25) is 5.02 Å². The zero-order valence-electron chi connectivity index (χ0n) is 24.7. The fourth-order valence-corrected chi connectivity index (χ4v) is 6.77. The van der Waals surface area contributed by atoms with Crippen LogP contribution in [0, 0.1) is 6.92 Å². The largest absolute Gasteiger partial charge is 0.343 e. The summed E-state index contributed by atoms with van der Waals surface area (Å²) in [5, 5.41) is 6.50. The summed E-state index contributed by atoms with van der Waals surface area (Å²) < 4.78 is 0. The lowest BCUT2D eigenvalue weighted by Gasteiger charge is -2.50. The van der Waals surface area contributed by atoms with Crippen LogP contribution in [0.1, 0.15) is 48.8 Å². The standard InChI is InChI=1S/C32H43ClN6O3/c1-21-16-24(9-12-27(21)33)35-31(41)28(13-14-34)36-32(42)29-17-22-6-3-4-7-23(22)18-38(29)15-5-8-30(40)39-20-25-10-11-26(39)19-37(25)2/h3-4,6-7,9,12,16,25-26,28-29H,5,8,10-11,13-15,17-20,34H2,1-2H3,(H,35,41)(H,36,42)/t25?,26?,28-,29-/m0/s1. The van der Waals surface area contributed by atoms with E-state index in [1.54, 1.807) is 18.2 Å². The number of nitrogens with zero attached hydrogens (tertiary/aromatic N) is 3. The summed E-state index contributed by atoms with van der Waals surface area (Å²) in [6.45, 7) is 5.15. The molecule has 9 nitrogen and oxygen atoms in total. The van der Waals surface area contributed by atoms with E-state index >= 15 is 0 Å². The van der Waals surface area contributed by atoms with Crippen molar-refractivity contribution in [1.29, 1.82) is 0 Å². The maximum atomic E-state index is 13.8. The van der Waals surface area contributed by atoms with Gasteiger partial charge in [0.1, 0.15) is 6.04 Å². The molecule has 0 saturated carbocycles. The second-order valence-electron chi connectivity index (χ2n) is 12.0. The SMILES string of the molecule is Cc1cc(NC(=O)[C@H](CCN)NC(=O)[C@@H]2Cc3ccccc3CN2CCCC(=O)N2CC3CCC2CN3C)ccc1Cl. The maximum Gasteiger partial charge on any atom is 0.246 e. The molecule has 2 aromatic carbocycles. The number of nitrogens with one attached hydrogen (secondary N) is 2. The Bertz CT molecular complexity index is 1300. The highest BCUT2D eigenvalue weighted by molar-refractivity contribution is 6.31. The van der Waals surface area contributed by atoms with Gasteiger partial charge >= 0.3 is 0 Å². The first kappa shape index (κ1) is 30.5. The van der Waals surface area contributed by atoms with Crippen LogP contribution in [0.25, 0.3) is 0 Å². The van der Waals surface area contributed by atoms with Crippen molar-refractivity contribution in [3.05, 3.63) is 64.2 Å². The molecule has 42 heavy (non-hydrogen) atoms. The first-order valence-corrected chi connectivity index (χ1v) is 15.5. The highest BCUT2D eigenvalue weighted by Gasteiger charge is 2.39. The van der Waals surface area contributed by atoms with Crippen molar-refractivity contribution in [3.63, 3.8) is 0 Å². The van der Waals surface area contributed by atoms with Gasteiger partial charge in [0.05, 0.1) is 6.04 Å². The second kappa shape index (κ2) is 13.5. The van der Waals surface area contributed by atoms with Gasteiger partial charge in [-0.25, -0.2) is 0 Å². The van der Waals surface area contributed by atoms with Crippen LogP contribution < -0.4 is 16.4 Å². The molecule has 3 amide bonds. The van der Waals surface area contributed by atoms with Gasteiger partial charge in [0.15, 0.2) is 0 Å². The van der Waals surface area contributed by atoms with E-state index < -0.39 is 12.1 Å². The number of carbonyl (C=O) groups is 3. The van der Waals surface area contributed by atoms with Crippen molar-refractivity contribution in [2.45, 2.75) is 76.2 Å². The Balaban J connectivity index is 1.23. The van der Waals surface area contributed by atoms with Gasteiger partial charge in [-0.2, -0.15) is 0 Å². The summed E-state index contributed by atoms with van der Waals surface area (Å²) in [5.74, 6) is -0.299. The van der Waals surface area contributed by atoms with Crippen molar-refractivity contribution >= 4 is 35.0 Å². The highest BCUT2D eigenvalue weighted by atomic mass is 35.5. The normalized spacial score (nSPS) is 22.9. The maximum absolute atomic E-state index is 13.8. The van der Waals surface area contributed by atoms with Crippen LogP contribution in [0.3, 0.4) is 0 Å². The topological polar surface area (TPSA) is 111 Å². The minimum absolute atomic E-state index is 0.201. The highest BCUT2D eigenvalue weighted by Crippen LogP contribution is 2.29. The van der Waals surface area contributed by atoms with E-state index in [0.717, 1.165) is 37.1 Å². The number of piperazine rings is 1. The Morgan fingerprint density at radius 2 is 1.83 bits per heavy atom. The van der Waals surface area contributed by atoms with Crippen LogP contribution >= 0.6 is 11.6 Å². The van der Waals surface area contributed by atoms with Crippen LogP contribution in [0.4, 0.5) is 5.69 Å². The summed E-state index contributed by atoms with van der Waals surface area (Å²) >= 11 is 6.13. The van der Waals surface area contributed by atoms with Gasteiger partial charge in [0.25, 0.3) is 0 Å². The molecule has 0 radical (unpaired) electrons. The van der Waals surface area contributed by atoms with E-state index in [2.05, 4.69) is 44.5 Å². The van der Waals surface area contributed by atoms with Gasteiger partial charge < -0.3 is 21.3 Å². The van der Waals surface area contributed by atoms with E-state index in [1.807, 2.05) is 19.1 Å². The van der Waals surface area contributed by atoms with Gasteiger partial charge in [-0.15, -0.1) is 0 Å². The number of hydrogen-bond donors (Lipinski definition) is 3. The number of amides is 3. The molecule has 4 aliphatic rings. The fourth-order valence-electron chi connectivity index (χ4n) is 6.65. The summed E-state index contributed by atoms with van der Waals surface area (Å²) in [6, 6.07) is 13.0. The third-order valence-electron chi connectivity index (χ3n) is 9.12. The molecule has 0 aromatic heterocycles. The average molecular weight is 595 g/mol. The van der Waals surface area contributed by atoms with E-state index in [-0.39, 0.29) is 24.3 Å². The predicted molar refractivity (Wildman–Crippen MR) is 165 cm³/mol. The Hall–Kier alpha value is -2.98. The van der Waals surface area contributed by atoms with Crippen LogP contribution in [0.5, 0.6) is 0 Å². The number of likely N-dealkylation sites (N-methyl/N-ethyl adjacent to an activating group) is 1. The molecule has 4 heterocycles. The molecule has 4 atom stereocenters. The van der Waals surface area contributed by atoms with E-state index in [9.17, 15) is 14.4 Å². The molecule has 3 saturated heterocycles. The Labute approximate surface area is 253 Å². The molecule has 3 fully saturated rings. The van der Waals surface area contributed by atoms with Gasteiger partial charge in [0.2, 0.25) is 17.7 Å². The molecular weight excluding hydrogens is 552 g/mol. The minimum atomic E-state index is -0.772. The molecule has 0 aliphatic carbocycles. The lowest BCUT2D eigenvalue weighted by Crippen LogP contribution is -2.62. The van der Waals surface area contributed by atoms with Crippen LogP contribution in [0.15, 0.2) is 42.5 Å². The number of aryl methyl sites for hydroxylation is 1. The van der Waals surface area contributed by atoms with Crippen molar-refractivity contribution < 1.29 is 14.4 Å². The monoisotopic (exact) mass is 594 g/mol. The van der Waals surface area contributed by atoms with E-state index in [0.29, 0.717) is 61.6 Å². The van der Waals surface area contributed by atoms with Crippen molar-refractivity contribution in [3.8, 4) is 0 Å². The molecule has 226 valence electrons. The summed E-state index contributed by atoms with van der Waals surface area (Å²) in [7, 11) is 2.15. The molecule has 2 aromatic rings. The van der Waals surface area contributed by atoms with E-state index in [1.165, 1.54) is 5.56 Å². The molecule has 2 unspecified atom stereocenters. The summed E-state index contributed by atoms with van der Waals surface area (Å²) in [5.41, 5.74) is 9.63. The first-order chi connectivity index (χ1) is 20.2. The number of nitrogens with two attached hydrogens (primary N) is 1. The van der Waals surface area contributed by atoms with Crippen molar-refractivity contribution in [2.75, 3.05) is 38.5 Å². The number of rotatable bonds is 10. The molecule has 10 heteroatoms. The zero-order valence-corrected chi connectivity index (χ0v) is 25.4. The second-order valence-corrected chi connectivity index (χ2v) is 12.4. The van der Waals surface area contributed by atoms with Crippen LogP contribution in [-0.2, 0) is 27.3 Å². The lowest BCUT2D eigenvalue weighted by atomic mass is 9.91. The number of benzene rings is 2. The Morgan fingerprint density at radius 3 is 2.52 bits per heavy atom. The summed E-state index contributed by atoms with van der Waals surface area (Å²) in [4.78, 5) is 46.7. The first-order valence-electron chi connectivity index (χ1n) is 15.1.